The third-order valence-electron chi connectivity index (χ3n) is 19.2. The molecule has 0 aliphatic carbocycles. The molecule has 2 unspecified atom stereocenters. The first-order valence-corrected chi connectivity index (χ1v) is 40.6. The number of aliphatic hydroxyl groups excluding tert-OH is 2. The van der Waals surface area contributed by atoms with Gasteiger partial charge in [-0.3, -0.25) is 9.59 Å². The number of amides is 1. The lowest BCUT2D eigenvalue weighted by atomic mass is 10.0. The SMILES string of the molecule is CCCCCC/C=C\CCCCCCCC(=O)OCCCCCCCCCCCCCCCCCCCCCCCCCCCCCCCCCCCC(=O)NC(CO)C(O)/C=C/CCCCCCCCCCCCCCCCCCCCCCCCC. The molecular formula is C82H159NO5. The molecule has 0 spiro atoms. The molecule has 2 atom stereocenters. The Labute approximate surface area is 551 Å². The highest BCUT2D eigenvalue weighted by atomic mass is 16.5. The minimum absolute atomic E-state index is 0.0131. The second-order valence-corrected chi connectivity index (χ2v) is 28.1. The maximum atomic E-state index is 12.6. The molecule has 0 aliphatic heterocycles. The van der Waals surface area contributed by atoms with E-state index in [0.29, 0.717) is 19.4 Å². The van der Waals surface area contributed by atoms with Gasteiger partial charge in [-0.15, -0.1) is 0 Å². The molecule has 0 aromatic heterocycles. The summed E-state index contributed by atoms with van der Waals surface area (Å²) in [5.74, 6) is -0.0444. The van der Waals surface area contributed by atoms with Crippen molar-refractivity contribution in [3.63, 3.8) is 0 Å². The fourth-order valence-corrected chi connectivity index (χ4v) is 13.0. The van der Waals surface area contributed by atoms with Crippen LogP contribution in [0.5, 0.6) is 0 Å². The van der Waals surface area contributed by atoms with Crippen LogP contribution in [0.4, 0.5) is 0 Å². The van der Waals surface area contributed by atoms with Gasteiger partial charge in [0.15, 0.2) is 0 Å². The zero-order valence-corrected chi connectivity index (χ0v) is 60.0. The average molecular weight is 1240 g/mol. The molecule has 0 heterocycles. The van der Waals surface area contributed by atoms with Gasteiger partial charge in [-0.2, -0.15) is 0 Å². The van der Waals surface area contributed by atoms with Crippen LogP contribution < -0.4 is 5.32 Å². The van der Waals surface area contributed by atoms with E-state index in [0.717, 1.165) is 44.9 Å². The normalized spacial score (nSPS) is 12.5. The minimum Gasteiger partial charge on any atom is -0.466 e. The topological polar surface area (TPSA) is 95.9 Å². The molecule has 88 heavy (non-hydrogen) atoms. The molecule has 0 bridgehead atoms. The summed E-state index contributed by atoms with van der Waals surface area (Å²) in [5, 5.41) is 23.3. The first-order chi connectivity index (χ1) is 43.5. The number of nitrogens with one attached hydrogen (secondary N) is 1. The van der Waals surface area contributed by atoms with Crippen LogP contribution in [0, 0.1) is 0 Å². The molecule has 0 aromatic carbocycles. The molecule has 0 radical (unpaired) electrons. The predicted molar refractivity (Wildman–Crippen MR) is 389 cm³/mol. The summed E-state index contributed by atoms with van der Waals surface area (Å²) in [4.78, 5) is 24.6. The average Bonchev–Trinajstić information content (AvgIpc) is 3.54. The van der Waals surface area contributed by atoms with Gasteiger partial charge in [0.05, 0.1) is 25.4 Å². The summed E-state index contributed by atoms with van der Waals surface area (Å²) in [6, 6.07) is -0.625. The van der Waals surface area contributed by atoms with Crippen LogP contribution in [-0.4, -0.2) is 47.4 Å². The molecule has 0 fully saturated rings. The van der Waals surface area contributed by atoms with Gasteiger partial charge in [0, 0.05) is 12.8 Å². The first-order valence-electron chi connectivity index (χ1n) is 40.6. The number of allylic oxidation sites excluding steroid dienone is 3. The van der Waals surface area contributed by atoms with Crippen LogP contribution in [0.25, 0.3) is 0 Å². The number of rotatable bonds is 77. The van der Waals surface area contributed by atoms with Crippen LogP contribution in [0.15, 0.2) is 24.3 Å². The quantitative estimate of drug-likeness (QED) is 0.0320. The molecule has 6 heteroatoms. The molecule has 0 rings (SSSR count). The highest BCUT2D eigenvalue weighted by Crippen LogP contribution is 2.20. The van der Waals surface area contributed by atoms with Crippen molar-refractivity contribution in [2.24, 2.45) is 0 Å². The van der Waals surface area contributed by atoms with Crippen LogP contribution in [0.1, 0.15) is 463 Å². The Morgan fingerprint density at radius 1 is 0.307 bits per heavy atom. The minimum atomic E-state index is -0.843. The number of unbranched alkanes of at least 4 members (excludes halogenated alkanes) is 64. The molecule has 6 nitrogen and oxygen atoms in total. The summed E-state index contributed by atoms with van der Waals surface area (Å²) < 4.78 is 5.49. The first kappa shape index (κ1) is 86.3. The van der Waals surface area contributed by atoms with Gasteiger partial charge in [0.1, 0.15) is 0 Å². The number of hydrogen-bond acceptors (Lipinski definition) is 5. The van der Waals surface area contributed by atoms with Crippen molar-refractivity contribution in [1.82, 2.24) is 5.32 Å². The van der Waals surface area contributed by atoms with Crippen LogP contribution in [0.2, 0.25) is 0 Å². The number of hydrogen-bond donors (Lipinski definition) is 3. The van der Waals surface area contributed by atoms with Gasteiger partial charge in [0.2, 0.25) is 5.91 Å². The zero-order chi connectivity index (χ0) is 63.5. The van der Waals surface area contributed by atoms with Crippen LogP contribution >= 0.6 is 0 Å². The van der Waals surface area contributed by atoms with Crippen molar-refractivity contribution in [2.45, 2.75) is 475 Å². The van der Waals surface area contributed by atoms with Gasteiger partial charge in [0.25, 0.3) is 0 Å². The number of esters is 1. The van der Waals surface area contributed by atoms with Crippen molar-refractivity contribution in [3.8, 4) is 0 Å². The lowest BCUT2D eigenvalue weighted by Gasteiger charge is -2.20. The summed E-state index contributed by atoms with van der Waals surface area (Å²) in [6.07, 6.45) is 100. The van der Waals surface area contributed by atoms with Crippen molar-refractivity contribution in [1.29, 1.82) is 0 Å². The zero-order valence-electron chi connectivity index (χ0n) is 60.0. The third kappa shape index (κ3) is 73.4. The second-order valence-electron chi connectivity index (χ2n) is 28.1. The third-order valence-corrected chi connectivity index (χ3v) is 19.2. The van der Waals surface area contributed by atoms with Crippen molar-refractivity contribution < 1.29 is 24.5 Å². The second kappa shape index (κ2) is 77.8. The molecule has 0 saturated heterocycles. The monoisotopic (exact) mass is 1240 g/mol. The van der Waals surface area contributed by atoms with E-state index in [-0.39, 0.29) is 18.5 Å². The molecule has 0 aromatic rings. The summed E-state index contributed by atoms with van der Waals surface area (Å²) in [7, 11) is 0. The Kier molecular flexibility index (Phi) is 76.3. The van der Waals surface area contributed by atoms with Gasteiger partial charge < -0.3 is 20.3 Å². The highest BCUT2D eigenvalue weighted by Gasteiger charge is 2.18. The molecule has 0 aliphatic rings. The van der Waals surface area contributed by atoms with E-state index in [1.165, 1.54) is 392 Å². The lowest BCUT2D eigenvalue weighted by Crippen LogP contribution is -2.45. The van der Waals surface area contributed by atoms with Gasteiger partial charge >= 0.3 is 5.97 Å². The van der Waals surface area contributed by atoms with E-state index in [4.69, 9.17) is 4.74 Å². The Hall–Kier alpha value is -1.66. The molecular weight excluding hydrogens is 1080 g/mol. The maximum Gasteiger partial charge on any atom is 0.305 e. The highest BCUT2D eigenvalue weighted by molar-refractivity contribution is 5.76. The van der Waals surface area contributed by atoms with E-state index in [9.17, 15) is 19.8 Å². The van der Waals surface area contributed by atoms with Crippen molar-refractivity contribution >= 4 is 11.9 Å². The fourth-order valence-electron chi connectivity index (χ4n) is 13.0. The standard InChI is InChI=1S/C82H159NO5/c1-3-5-7-9-11-13-15-17-18-19-20-21-22-32-35-38-41-44-47-51-54-58-62-66-70-74-80(85)79(78-84)83-81(86)75-71-67-63-59-55-52-48-45-42-39-36-33-30-28-26-24-23-25-27-29-31-34-37-40-43-46-49-53-57-61-65-69-73-77-88-82(87)76-72-68-64-60-56-50-16-14-12-10-8-6-4-2/h14,16,70,74,79-80,84-85H,3-13,15,17-69,71-73,75-78H2,1-2H3,(H,83,86)/b16-14-,74-70+. The largest absolute Gasteiger partial charge is 0.466 e. The van der Waals surface area contributed by atoms with E-state index in [1.54, 1.807) is 6.08 Å². The lowest BCUT2D eigenvalue weighted by molar-refractivity contribution is -0.143. The summed E-state index contributed by atoms with van der Waals surface area (Å²) in [6.45, 7) is 4.94. The molecule has 1 amide bonds. The molecule has 0 saturated carbocycles. The number of ether oxygens (including phenoxy) is 1. The summed E-state index contributed by atoms with van der Waals surface area (Å²) in [5.41, 5.74) is 0. The Morgan fingerprint density at radius 3 is 0.818 bits per heavy atom. The van der Waals surface area contributed by atoms with Crippen LogP contribution in [-0.2, 0) is 14.3 Å². The van der Waals surface area contributed by atoms with E-state index >= 15 is 0 Å². The number of aliphatic hydroxyl groups is 2. The van der Waals surface area contributed by atoms with Crippen molar-refractivity contribution in [2.75, 3.05) is 13.2 Å². The van der Waals surface area contributed by atoms with Gasteiger partial charge in [-0.25, -0.2) is 0 Å². The van der Waals surface area contributed by atoms with Crippen molar-refractivity contribution in [3.05, 3.63) is 24.3 Å². The maximum absolute atomic E-state index is 12.6. The van der Waals surface area contributed by atoms with Gasteiger partial charge in [-0.05, 0) is 57.8 Å². The Morgan fingerprint density at radius 2 is 0.534 bits per heavy atom. The number of carbonyl (C=O) groups is 2. The van der Waals surface area contributed by atoms with E-state index in [2.05, 4.69) is 31.3 Å². The van der Waals surface area contributed by atoms with E-state index < -0.39 is 12.1 Å². The predicted octanol–water partition coefficient (Wildman–Crippen LogP) is 26.8. The fraction of sp³-hybridized carbons (Fsp3) is 0.927. The van der Waals surface area contributed by atoms with Crippen LogP contribution in [0.3, 0.4) is 0 Å². The smallest absolute Gasteiger partial charge is 0.305 e. The Balaban J connectivity index is 3.35. The molecule has 522 valence electrons. The van der Waals surface area contributed by atoms with E-state index in [1.807, 2.05) is 6.08 Å². The number of carbonyl (C=O) groups excluding carboxylic acids is 2. The molecule has 3 N–H and O–H groups in total. The van der Waals surface area contributed by atoms with Gasteiger partial charge in [-0.1, -0.05) is 417 Å². The summed E-state index contributed by atoms with van der Waals surface area (Å²) >= 11 is 0. The Bertz CT molecular complexity index is 1380.